The van der Waals surface area contributed by atoms with Crippen LogP contribution in [0, 0.1) is 11.8 Å². The molecule has 0 aromatic rings. The van der Waals surface area contributed by atoms with Gasteiger partial charge in [-0.25, -0.2) is 0 Å². The fourth-order valence-electron chi connectivity index (χ4n) is 0.179. The van der Waals surface area contributed by atoms with Crippen LogP contribution >= 0.6 is 31.9 Å². The fourth-order valence-corrected chi connectivity index (χ4v) is 0.503. The van der Waals surface area contributed by atoms with Gasteiger partial charge in [0, 0.05) is 0 Å². The molecule has 0 N–H and O–H groups in total. The Kier molecular flexibility index (Phi) is 5.02. The molecule has 0 radical (unpaired) electrons. The van der Waals surface area contributed by atoms with Gasteiger partial charge in [-0.15, -0.1) is 0 Å². The number of rotatable bonds is 0. The van der Waals surface area contributed by atoms with Crippen molar-refractivity contribution in [2.45, 2.75) is 11.8 Å². The Morgan fingerprint density at radius 3 is 2.43 bits per heavy atom. The van der Waals surface area contributed by atoms with Gasteiger partial charge in [-0.2, -0.15) is 0 Å². The first-order valence-electron chi connectivity index (χ1n) is 1.96. The summed E-state index contributed by atoms with van der Waals surface area (Å²) in [6, 6.07) is 0. The molecule has 0 saturated heterocycles. The summed E-state index contributed by atoms with van der Waals surface area (Å²) in [5.74, 6) is 5.78. The van der Waals surface area contributed by atoms with E-state index in [1.54, 1.807) is 0 Å². The molecule has 0 bridgehead atoms. The molecule has 0 aromatic heterocycles. The Morgan fingerprint density at radius 1 is 1.71 bits per heavy atom. The zero-order chi connectivity index (χ0) is 5.70. The molecule has 0 saturated carbocycles. The summed E-state index contributed by atoms with van der Waals surface area (Å²) in [6.45, 7) is 2.00. The highest BCUT2D eigenvalue weighted by Gasteiger charge is 1.80. The lowest BCUT2D eigenvalue weighted by Gasteiger charge is -1.80. The SMILES string of the molecule is CC(Br)C#CCBr. The predicted molar refractivity (Wildman–Crippen MR) is 40.0 cm³/mol. The Labute approximate surface area is 60.9 Å². The molecule has 0 fully saturated rings. The van der Waals surface area contributed by atoms with Crippen LogP contribution < -0.4 is 0 Å². The van der Waals surface area contributed by atoms with Crippen LogP contribution in [0.1, 0.15) is 6.92 Å². The Hall–Kier alpha value is 0.520. The number of hydrogen-bond acceptors (Lipinski definition) is 0. The van der Waals surface area contributed by atoms with Crippen molar-refractivity contribution < 1.29 is 0 Å². The third-order valence-corrected chi connectivity index (χ3v) is 0.877. The maximum atomic E-state index is 3.28. The highest BCUT2D eigenvalue weighted by atomic mass is 79.9. The van der Waals surface area contributed by atoms with E-state index in [0.29, 0.717) is 4.83 Å². The average molecular weight is 226 g/mol. The van der Waals surface area contributed by atoms with E-state index in [0.717, 1.165) is 5.33 Å². The first kappa shape index (κ1) is 7.52. The predicted octanol–water partition coefficient (Wildman–Crippen LogP) is 2.17. The van der Waals surface area contributed by atoms with E-state index in [-0.39, 0.29) is 0 Å². The molecule has 0 amide bonds. The van der Waals surface area contributed by atoms with E-state index < -0.39 is 0 Å². The van der Waals surface area contributed by atoms with Gasteiger partial charge >= 0.3 is 0 Å². The van der Waals surface area contributed by atoms with Crippen molar-refractivity contribution in [2.24, 2.45) is 0 Å². The minimum absolute atomic E-state index is 0.324. The van der Waals surface area contributed by atoms with E-state index in [4.69, 9.17) is 0 Å². The summed E-state index contributed by atoms with van der Waals surface area (Å²) in [6.07, 6.45) is 0. The lowest BCUT2D eigenvalue weighted by Crippen LogP contribution is -1.79. The molecule has 7 heavy (non-hydrogen) atoms. The van der Waals surface area contributed by atoms with E-state index in [1.807, 2.05) is 6.92 Å². The first-order valence-corrected chi connectivity index (χ1v) is 3.99. The highest BCUT2D eigenvalue weighted by molar-refractivity contribution is 9.09. The molecule has 0 aliphatic heterocycles. The van der Waals surface area contributed by atoms with Gasteiger partial charge in [-0.1, -0.05) is 43.7 Å². The molecule has 0 aliphatic carbocycles. The van der Waals surface area contributed by atoms with Crippen LogP contribution in [0.5, 0.6) is 0 Å². The molecule has 0 spiro atoms. The summed E-state index contributed by atoms with van der Waals surface area (Å²) < 4.78 is 0. The van der Waals surface area contributed by atoms with Crippen molar-refractivity contribution in [3.8, 4) is 11.8 Å². The Balaban J connectivity index is 3.24. The molecule has 0 rings (SSSR count). The van der Waals surface area contributed by atoms with Crippen molar-refractivity contribution >= 4 is 31.9 Å². The van der Waals surface area contributed by atoms with Crippen LogP contribution in [0.15, 0.2) is 0 Å². The monoisotopic (exact) mass is 224 g/mol. The fraction of sp³-hybridized carbons (Fsp3) is 0.600. The minimum atomic E-state index is 0.324. The standard InChI is InChI=1S/C5H6Br2/c1-5(7)3-2-4-6/h5H,4H2,1H3. The van der Waals surface area contributed by atoms with Gasteiger partial charge in [0.05, 0.1) is 10.2 Å². The smallest absolute Gasteiger partial charge is 0.0726 e. The average Bonchev–Trinajstić information content (AvgIpc) is 1.61. The third-order valence-electron chi connectivity index (χ3n) is 0.368. The van der Waals surface area contributed by atoms with Crippen molar-refractivity contribution in [3.63, 3.8) is 0 Å². The van der Waals surface area contributed by atoms with Crippen LogP contribution in [-0.2, 0) is 0 Å². The molecular weight excluding hydrogens is 220 g/mol. The second kappa shape index (κ2) is 4.67. The zero-order valence-corrected chi connectivity index (χ0v) is 7.21. The van der Waals surface area contributed by atoms with Gasteiger partial charge in [-0.05, 0) is 6.92 Å². The lowest BCUT2D eigenvalue weighted by atomic mass is 10.5. The van der Waals surface area contributed by atoms with E-state index >= 15 is 0 Å². The van der Waals surface area contributed by atoms with Crippen molar-refractivity contribution in [1.82, 2.24) is 0 Å². The first-order chi connectivity index (χ1) is 3.27. The molecule has 1 unspecified atom stereocenters. The second-order valence-electron chi connectivity index (χ2n) is 1.07. The second-order valence-corrected chi connectivity index (χ2v) is 3.00. The Bertz CT molecular complexity index is 86.0. The molecule has 0 aliphatic rings. The van der Waals surface area contributed by atoms with Gasteiger partial charge < -0.3 is 0 Å². The van der Waals surface area contributed by atoms with Crippen molar-refractivity contribution in [2.75, 3.05) is 5.33 Å². The van der Waals surface area contributed by atoms with Crippen LogP contribution in [0.2, 0.25) is 0 Å². The molecule has 40 valence electrons. The highest BCUT2D eigenvalue weighted by Crippen LogP contribution is 1.92. The van der Waals surface area contributed by atoms with Crippen LogP contribution in [0.25, 0.3) is 0 Å². The minimum Gasteiger partial charge on any atom is -0.0906 e. The maximum Gasteiger partial charge on any atom is 0.0726 e. The van der Waals surface area contributed by atoms with Crippen molar-refractivity contribution in [1.29, 1.82) is 0 Å². The quantitative estimate of drug-likeness (QED) is 0.438. The summed E-state index contributed by atoms with van der Waals surface area (Å²) in [5.41, 5.74) is 0. The molecule has 0 heterocycles. The van der Waals surface area contributed by atoms with Gasteiger partial charge in [-0.3, -0.25) is 0 Å². The third kappa shape index (κ3) is 6.52. The maximum absolute atomic E-state index is 3.28. The summed E-state index contributed by atoms with van der Waals surface area (Å²) >= 11 is 6.46. The topological polar surface area (TPSA) is 0 Å². The number of hydrogen-bond donors (Lipinski definition) is 0. The summed E-state index contributed by atoms with van der Waals surface area (Å²) in [4.78, 5) is 0.324. The number of alkyl halides is 2. The normalized spacial score (nSPS) is 11.9. The number of halogens is 2. The Morgan fingerprint density at radius 2 is 2.29 bits per heavy atom. The molecule has 2 heteroatoms. The molecular formula is C5H6Br2. The van der Waals surface area contributed by atoms with Gasteiger partial charge in [0.25, 0.3) is 0 Å². The van der Waals surface area contributed by atoms with E-state index in [1.165, 1.54) is 0 Å². The van der Waals surface area contributed by atoms with Gasteiger partial charge in [0.1, 0.15) is 0 Å². The largest absolute Gasteiger partial charge is 0.0906 e. The zero-order valence-electron chi connectivity index (χ0n) is 4.04. The molecule has 0 nitrogen and oxygen atoms in total. The lowest BCUT2D eigenvalue weighted by molar-refractivity contribution is 1.33. The van der Waals surface area contributed by atoms with E-state index in [9.17, 15) is 0 Å². The van der Waals surface area contributed by atoms with Gasteiger partial charge in [0.2, 0.25) is 0 Å². The van der Waals surface area contributed by atoms with Crippen LogP contribution in [0.4, 0.5) is 0 Å². The van der Waals surface area contributed by atoms with Crippen LogP contribution in [0.3, 0.4) is 0 Å². The molecule has 0 aromatic carbocycles. The van der Waals surface area contributed by atoms with Gasteiger partial charge in [0.15, 0.2) is 0 Å². The summed E-state index contributed by atoms with van der Waals surface area (Å²) in [5, 5.41) is 0.767. The van der Waals surface area contributed by atoms with E-state index in [2.05, 4.69) is 43.7 Å². The van der Waals surface area contributed by atoms with Crippen molar-refractivity contribution in [3.05, 3.63) is 0 Å². The molecule has 1 atom stereocenters. The summed E-state index contributed by atoms with van der Waals surface area (Å²) in [7, 11) is 0. The van der Waals surface area contributed by atoms with Crippen LogP contribution in [-0.4, -0.2) is 10.2 Å².